The molecule has 4 nitrogen and oxygen atoms in total. The molecule has 2 atom stereocenters. The number of anilines is 1. The molecule has 0 aromatic heterocycles. The van der Waals surface area contributed by atoms with Crippen molar-refractivity contribution < 1.29 is 4.39 Å². The fourth-order valence-electron chi connectivity index (χ4n) is 4.09. The summed E-state index contributed by atoms with van der Waals surface area (Å²) in [6.07, 6.45) is 9.83. The third-order valence-corrected chi connectivity index (χ3v) is 5.52. The third kappa shape index (κ3) is 5.70. The van der Waals surface area contributed by atoms with Crippen LogP contribution in [0.15, 0.2) is 29.3 Å². The van der Waals surface area contributed by atoms with Crippen molar-refractivity contribution in [3.8, 4) is 0 Å². The Morgan fingerprint density at radius 2 is 1.92 bits per heavy atom. The second kappa shape index (κ2) is 9.18. The minimum atomic E-state index is -0.233. The van der Waals surface area contributed by atoms with Gasteiger partial charge in [-0.2, -0.15) is 0 Å². The normalized spacial score (nSPS) is 25.1. The monoisotopic (exact) mass is 346 g/mol. The number of nitrogens with two attached hydrogens (primary N) is 1. The molecule has 0 radical (unpaired) electrons. The summed E-state index contributed by atoms with van der Waals surface area (Å²) in [6, 6.07) is 7.04. The molecule has 25 heavy (non-hydrogen) atoms. The zero-order valence-electron chi connectivity index (χ0n) is 15.0. The van der Waals surface area contributed by atoms with Crippen LogP contribution in [0.4, 0.5) is 10.1 Å². The van der Waals surface area contributed by atoms with E-state index in [1.54, 1.807) is 6.07 Å². The van der Waals surface area contributed by atoms with Crippen LogP contribution in [0.1, 0.15) is 51.4 Å². The van der Waals surface area contributed by atoms with Crippen molar-refractivity contribution in [1.82, 2.24) is 5.32 Å². The van der Waals surface area contributed by atoms with E-state index in [1.165, 1.54) is 63.5 Å². The highest BCUT2D eigenvalue weighted by atomic mass is 19.1. The summed E-state index contributed by atoms with van der Waals surface area (Å²) in [6.45, 7) is 1.60. The van der Waals surface area contributed by atoms with E-state index in [9.17, 15) is 4.39 Å². The van der Waals surface area contributed by atoms with Crippen LogP contribution in [0, 0.1) is 17.7 Å². The van der Waals surface area contributed by atoms with E-state index in [-0.39, 0.29) is 5.82 Å². The van der Waals surface area contributed by atoms with E-state index in [2.05, 4.69) is 10.6 Å². The van der Waals surface area contributed by atoms with Crippen LogP contribution in [0.25, 0.3) is 0 Å². The molecular formula is C20H31FN4. The molecule has 0 saturated heterocycles. The molecule has 2 aliphatic rings. The summed E-state index contributed by atoms with van der Waals surface area (Å²) in [7, 11) is 0. The predicted octanol–water partition coefficient (Wildman–Crippen LogP) is 3.89. The number of hydrogen-bond donors (Lipinski definition) is 3. The van der Waals surface area contributed by atoms with Gasteiger partial charge >= 0.3 is 0 Å². The van der Waals surface area contributed by atoms with E-state index in [0.717, 1.165) is 24.7 Å². The van der Waals surface area contributed by atoms with Gasteiger partial charge in [0.15, 0.2) is 5.96 Å². The fourth-order valence-corrected chi connectivity index (χ4v) is 4.09. The van der Waals surface area contributed by atoms with Crippen LogP contribution in [0.5, 0.6) is 0 Å². The van der Waals surface area contributed by atoms with Crippen molar-refractivity contribution >= 4 is 11.6 Å². The van der Waals surface area contributed by atoms with Crippen LogP contribution in [0.2, 0.25) is 0 Å². The number of rotatable bonds is 5. The molecule has 0 heterocycles. The fraction of sp³-hybridized carbons (Fsp3) is 0.650. The Morgan fingerprint density at radius 3 is 2.68 bits per heavy atom. The first-order valence-corrected chi connectivity index (χ1v) is 9.76. The smallest absolute Gasteiger partial charge is 0.196 e. The maximum absolute atomic E-state index is 13.5. The Balaban J connectivity index is 1.64. The maximum atomic E-state index is 13.5. The lowest BCUT2D eigenvalue weighted by molar-refractivity contribution is 0.277. The Morgan fingerprint density at radius 1 is 1.12 bits per heavy atom. The Hall–Kier alpha value is -1.62. The quantitative estimate of drug-likeness (QED) is 0.560. The summed E-state index contributed by atoms with van der Waals surface area (Å²) < 4.78 is 13.5. The molecule has 5 heteroatoms. The zero-order valence-corrected chi connectivity index (χ0v) is 15.0. The highest BCUT2D eigenvalue weighted by Crippen LogP contribution is 2.28. The summed E-state index contributed by atoms with van der Waals surface area (Å²) in [5.74, 6) is 1.81. The number of aliphatic imine (C=N–C) groups is 1. The first-order chi connectivity index (χ1) is 12.2. The molecule has 2 fully saturated rings. The molecule has 1 aromatic rings. The Bertz CT molecular complexity index is 569. The molecule has 4 N–H and O–H groups in total. The van der Waals surface area contributed by atoms with Gasteiger partial charge in [-0.15, -0.1) is 0 Å². The van der Waals surface area contributed by atoms with Crippen molar-refractivity contribution in [3.05, 3.63) is 30.1 Å². The third-order valence-electron chi connectivity index (χ3n) is 5.52. The highest BCUT2D eigenvalue weighted by molar-refractivity contribution is 5.93. The van der Waals surface area contributed by atoms with Gasteiger partial charge < -0.3 is 16.4 Å². The van der Waals surface area contributed by atoms with Gasteiger partial charge in [0, 0.05) is 18.3 Å². The molecule has 0 aliphatic heterocycles. The minimum absolute atomic E-state index is 0.233. The first kappa shape index (κ1) is 18.2. The molecule has 2 aliphatic carbocycles. The van der Waals surface area contributed by atoms with E-state index >= 15 is 0 Å². The van der Waals surface area contributed by atoms with Crippen molar-refractivity contribution in [2.75, 3.05) is 18.4 Å². The van der Waals surface area contributed by atoms with Crippen molar-refractivity contribution in [2.24, 2.45) is 22.6 Å². The summed E-state index contributed by atoms with van der Waals surface area (Å²) in [4.78, 5) is 4.84. The van der Waals surface area contributed by atoms with Crippen LogP contribution < -0.4 is 16.4 Å². The second-order valence-corrected chi connectivity index (χ2v) is 7.58. The first-order valence-electron chi connectivity index (χ1n) is 9.76. The van der Waals surface area contributed by atoms with E-state index < -0.39 is 0 Å². The van der Waals surface area contributed by atoms with Crippen molar-refractivity contribution in [3.63, 3.8) is 0 Å². The van der Waals surface area contributed by atoms with Crippen LogP contribution in [-0.4, -0.2) is 25.1 Å². The van der Waals surface area contributed by atoms with Gasteiger partial charge in [-0.25, -0.2) is 4.39 Å². The van der Waals surface area contributed by atoms with E-state index in [4.69, 9.17) is 10.7 Å². The molecule has 2 unspecified atom stereocenters. The average molecular weight is 346 g/mol. The molecule has 0 spiro atoms. The lowest BCUT2D eigenvalue weighted by atomic mass is 9.81. The highest BCUT2D eigenvalue weighted by Gasteiger charge is 2.21. The molecule has 3 rings (SSSR count). The number of hydrogen-bond acceptors (Lipinski definition) is 2. The van der Waals surface area contributed by atoms with Gasteiger partial charge in [-0.05, 0) is 68.7 Å². The predicted molar refractivity (Wildman–Crippen MR) is 102 cm³/mol. The van der Waals surface area contributed by atoms with Gasteiger partial charge in [-0.3, -0.25) is 4.99 Å². The van der Waals surface area contributed by atoms with Crippen LogP contribution >= 0.6 is 0 Å². The van der Waals surface area contributed by atoms with Gasteiger partial charge in [-0.1, -0.05) is 25.3 Å². The van der Waals surface area contributed by atoms with E-state index in [1.807, 2.05) is 6.07 Å². The zero-order chi connectivity index (χ0) is 17.5. The molecule has 2 saturated carbocycles. The number of nitrogens with zero attached hydrogens (tertiary/aromatic N) is 1. The van der Waals surface area contributed by atoms with Crippen LogP contribution in [0.3, 0.4) is 0 Å². The molecular weight excluding hydrogens is 315 g/mol. The number of benzene rings is 1. The molecule has 138 valence electrons. The average Bonchev–Trinajstić information content (AvgIpc) is 3.13. The van der Waals surface area contributed by atoms with Gasteiger partial charge in [0.1, 0.15) is 5.82 Å². The summed E-state index contributed by atoms with van der Waals surface area (Å²) >= 11 is 0. The Kier molecular flexibility index (Phi) is 6.68. The van der Waals surface area contributed by atoms with Gasteiger partial charge in [0.25, 0.3) is 0 Å². The summed E-state index contributed by atoms with van der Waals surface area (Å²) in [5.41, 5.74) is 6.59. The summed E-state index contributed by atoms with van der Waals surface area (Å²) in [5, 5.41) is 6.83. The lowest BCUT2D eigenvalue weighted by Gasteiger charge is -2.27. The molecule has 0 bridgehead atoms. The van der Waals surface area contributed by atoms with E-state index in [0.29, 0.717) is 17.9 Å². The molecule has 1 aromatic carbocycles. The van der Waals surface area contributed by atoms with Crippen molar-refractivity contribution in [2.45, 2.75) is 57.4 Å². The largest absolute Gasteiger partial charge is 0.353 e. The van der Waals surface area contributed by atoms with Gasteiger partial charge in [0.05, 0.1) is 0 Å². The number of guanidine groups is 1. The standard InChI is InChI=1S/C20H31FN4/c21-17-7-4-10-19(12-17)25-20(24-18-8-1-2-9-18)23-14-16-6-3-5-15(11-16)13-22/h4,7,10,12,15-16,18H,1-3,5-6,8-9,11,13-14,22H2,(H2,23,24,25). The van der Waals surface area contributed by atoms with Gasteiger partial charge in [0.2, 0.25) is 0 Å². The number of halogens is 1. The lowest BCUT2D eigenvalue weighted by Crippen LogP contribution is -2.38. The van der Waals surface area contributed by atoms with Crippen molar-refractivity contribution in [1.29, 1.82) is 0 Å². The molecule has 0 amide bonds. The topological polar surface area (TPSA) is 62.4 Å². The SMILES string of the molecule is NCC1CCCC(CN=C(Nc2cccc(F)c2)NC2CCCC2)C1. The minimum Gasteiger partial charge on any atom is -0.353 e. The maximum Gasteiger partial charge on any atom is 0.196 e. The van der Waals surface area contributed by atoms with Crippen LogP contribution in [-0.2, 0) is 0 Å². The number of nitrogens with one attached hydrogen (secondary N) is 2. The Labute approximate surface area is 150 Å². The second-order valence-electron chi connectivity index (χ2n) is 7.58.